The second-order valence-corrected chi connectivity index (χ2v) is 10.8. The lowest BCUT2D eigenvalue weighted by atomic mass is 10.0. The van der Waals surface area contributed by atoms with Gasteiger partial charge >= 0.3 is 0 Å². The summed E-state index contributed by atoms with van der Waals surface area (Å²) < 4.78 is 45.7. The lowest BCUT2D eigenvalue weighted by Gasteiger charge is -2.18. The first-order chi connectivity index (χ1) is 18.4. The fourth-order valence-electron chi connectivity index (χ4n) is 4.59. The summed E-state index contributed by atoms with van der Waals surface area (Å²) >= 11 is 0. The number of nitrogens with one attached hydrogen (secondary N) is 2. The molecule has 10 heteroatoms. The number of fused-ring (bicyclic) bond motifs is 2. The first-order valence-corrected chi connectivity index (χ1v) is 13.6. The van der Waals surface area contributed by atoms with Crippen LogP contribution in [0.5, 0.6) is 5.75 Å². The molecule has 0 spiro atoms. The van der Waals surface area contributed by atoms with E-state index in [0.29, 0.717) is 13.0 Å². The first kappa shape index (κ1) is 24.1. The zero-order valence-electron chi connectivity index (χ0n) is 20.1. The second-order valence-electron chi connectivity index (χ2n) is 9.14. The Hall–Kier alpha value is -4.28. The monoisotopic (exact) mass is 532 g/mol. The summed E-state index contributed by atoms with van der Waals surface area (Å²) in [4.78, 5) is 13.1. The minimum Gasteiger partial charge on any atom is -0.501 e. The molecule has 3 heterocycles. The maximum atomic E-state index is 13.0. The van der Waals surface area contributed by atoms with Crippen molar-refractivity contribution in [1.82, 2.24) is 5.32 Å². The Labute approximate surface area is 218 Å². The Balaban J connectivity index is 1.24. The number of anilines is 1. The molecule has 2 aliphatic rings. The Kier molecular flexibility index (Phi) is 6.05. The first-order valence-electron chi connectivity index (χ1n) is 12.1. The molecule has 1 atom stereocenters. The normalized spacial score (nSPS) is 16.8. The van der Waals surface area contributed by atoms with Gasteiger partial charge in [-0.3, -0.25) is 9.52 Å². The van der Waals surface area contributed by atoms with E-state index in [4.69, 9.17) is 13.9 Å². The molecular formula is C28H24N2O7S. The third-order valence-corrected chi connectivity index (χ3v) is 7.93. The van der Waals surface area contributed by atoms with E-state index in [9.17, 15) is 18.3 Å². The van der Waals surface area contributed by atoms with Gasteiger partial charge in [-0.1, -0.05) is 36.4 Å². The van der Waals surface area contributed by atoms with Crippen molar-refractivity contribution in [3.05, 3.63) is 106 Å². The topological polar surface area (TPSA) is 127 Å². The van der Waals surface area contributed by atoms with Crippen molar-refractivity contribution in [2.75, 3.05) is 11.3 Å². The Morgan fingerprint density at radius 1 is 1.03 bits per heavy atom. The molecule has 3 N–H and O–H groups in total. The van der Waals surface area contributed by atoms with Crippen molar-refractivity contribution in [2.45, 2.75) is 30.6 Å². The summed E-state index contributed by atoms with van der Waals surface area (Å²) in [7, 11) is -3.91. The third-order valence-electron chi connectivity index (χ3n) is 6.55. The second kappa shape index (κ2) is 9.55. The molecule has 0 amide bonds. The average molecular weight is 533 g/mol. The van der Waals surface area contributed by atoms with Crippen LogP contribution >= 0.6 is 0 Å². The van der Waals surface area contributed by atoms with Crippen molar-refractivity contribution < 1.29 is 27.4 Å². The molecule has 9 nitrogen and oxygen atoms in total. The largest absolute Gasteiger partial charge is 0.501 e. The highest BCUT2D eigenvalue weighted by molar-refractivity contribution is 7.92. The van der Waals surface area contributed by atoms with E-state index in [0.717, 1.165) is 29.7 Å². The summed E-state index contributed by atoms with van der Waals surface area (Å²) in [5, 5.41) is 13.9. The van der Waals surface area contributed by atoms with E-state index in [2.05, 4.69) is 10.0 Å². The van der Waals surface area contributed by atoms with Crippen LogP contribution in [0.1, 0.15) is 22.5 Å². The average Bonchev–Trinajstić information content (AvgIpc) is 3.39. The lowest BCUT2D eigenvalue weighted by Crippen LogP contribution is -2.24. The molecule has 0 bridgehead atoms. The van der Waals surface area contributed by atoms with Gasteiger partial charge < -0.3 is 24.3 Å². The zero-order valence-corrected chi connectivity index (χ0v) is 21.0. The quantitative estimate of drug-likeness (QED) is 0.342. The lowest BCUT2D eigenvalue weighted by molar-refractivity contribution is -0.0145. The van der Waals surface area contributed by atoms with Gasteiger partial charge in [-0.05, 0) is 60.0 Å². The van der Waals surface area contributed by atoms with Crippen LogP contribution in [0.25, 0.3) is 16.7 Å². The molecule has 0 aliphatic carbocycles. The van der Waals surface area contributed by atoms with Gasteiger partial charge in [0.05, 0.1) is 10.3 Å². The van der Waals surface area contributed by atoms with E-state index < -0.39 is 27.5 Å². The minimum absolute atomic E-state index is 0.0152. The van der Waals surface area contributed by atoms with Crippen LogP contribution < -0.4 is 15.5 Å². The maximum Gasteiger partial charge on any atom is 0.261 e. The fraction of sp³-hybridized carbons (Fsp3) is 0.179. The van der Waals surface area contributed by atoms with Crippen LogP contribution in [0.3, 0.4) is 0 Å². The van der Waals surface area contributed by atoms with Crippen LogP contribution in [0.4, 0.5) is 5.69 Å². The highest BCUT2D eigenvalue weighted by atomic mass is 32.2. The Bertz CT molecular complexity index is 1730. The molecular weight excluding hydrogens is 508 g/mol. The Morgan fingerprint density at radius 2 is 1.87 bits per heavy atom. The molecule has 6 rings (SSSR count). The smallest absolute Gasteiger partial charge is 0.261 e. The molecule has 1 aromatic heterocycles. The fourth-order valence-corrected chi connectivity index (χ4v) is 5.69. The van der Waals surface area contributed by atoms with Gasteiger partial charge in [-0.25, -0.2) is 8.42 Å². The van der Waals surface area contributed by atoms with Crippen molar-refractivity contribution in [1.29, 1.82) is 0 Å². The minimum atomic E-state index is -3.91. The van der Waals surface area contributed by atoms with Crippen molar-refractivity contribution >= 4 is 32.4 Å². The van der Waals surface area contributed by atoms with Crippen LogP contribution in [-0.2, 0) is 38.9 Å². The molecule has 38 heavy (non-hydrogen) atoms. The van der Waals surface area contributed by atoms with Crippen LogP contribution in [-0.4, -0.2) is 26.4 Å². The summed E-state index contributed by atoms with van der Waals surface area (Å²) in [6.45, 7) is 1.46. The molecule has 4 aromatic rings. The van der Waals surface area contributed by atoms with E-state index in [1.165, 1.54) is 24.5 Å². The van der Waals surface area contributed by atoms with E-state index in [-0.39, 0.29) is 33.1 Å². The molecule has 0 saturated heterocycles. The number of aromatic hydroxyl groups is 1. The van der Waals surface area contributed by atoms with Gasteiger partial charge in [0.15, 0.2) is 0 Å². The van der Waals surface area contributed by atoms with E-state index in [1.54, 1.807) is 12.1 Å². The predicted molar refractivity (Wildman–Crippen MR) is 141 cm³/mol. The van der Waals surface area contributed by atoms with E-state index in [1.807, 2.05) is 36.4 Å². The number of ether oxygens (including phenoxy) is 2. The van der Waals surface area contributed by atoms with Crippen molar-refractivity contribution in [3.63, 3.8) is 0 Å². The summed E-state index contributed by atoms with van der Waals surface area (Å²) in [6, 6.07) is 18.9. The highest BCUT2D eigenvalue weighted by Gasteiger charge is 2.27. The number of hydrogen-bond acceptors (Lipinski definition) is 8. The number of sulfonamides is 1. The highest BCUT2D eigenvalue weighted by Crippen LogP contribution is 2.33. The molecule has 0 saturated carbocycles. The molecule has 0 radical (unpaired) electrons. The van der Waals surface area contributed by atoms with Gasteiger partial charge in [0.2, 0.25) is 29.0 Å². The van der Waals surface area contributed by atoms with Gasteiger partial charge in [-0.2, -0.15) is 0 Å². The van der Waals surface area contributed by atoms with Crippen molar-refractivity contribution in [3.8, 4) is 5.75 Å². The van der Waals surface area contributed by atoms with Crippen LogP contribution in [0, 0.1) is 0 Å². The molecule has 0 fully saturated rings. The SMILES string of the molecule is O=c1c(O)c(C2=COC(Cc3ccccc3)O2)oc2ccc(NS(=O)(=O)c3ccc4c(c3)CNCC4)cc12. The summed E-state index contributed by atoms with van der Waals surface area (Å²) in [6.07, 6.45) is 1.97. The zero-order chi connectivity index (χ0) is 26.3. The maximum absolute atomic E-state index is 13.0. The molecule has 1 unspecified atom stereocenters. The predicted octanol–water partition coefficient (Wildman–Crippen LogP) is 3.86. The number of rotatable bonds is 6. The van der Waals surface area contributed by atoms with E-state index >= 15 is 0 Å². The van der Waals surface area contributed by atoms with Gasteiger partial charge in [0, 0.05) is 18.7 Å². The number of hydrogen-bond donors (Lipinski definition) is 3. The summed E-state index contributed by atoms with van der Waals surface area (Å²) in [5.74, 6) is -0.724. The van der Waals surface area contributed by atoms with Gasteiger partial charge in [-0.15, -0.1) is 0 Å². The molecule has 3 aromatic carbocycles. The third kappa shape index (κ3) is 4.59. The molecule has 194 valence electrons. The molecule has 2 aliphatic heterocycles. The van der Waals surface area contributed by atoms with Crippen molar-refractivity contribution in [2.24, 2.45) is 0 Å². The summed E-state index contributed by atoms with van der Waals surface area (Å²) in [5.41, 5.74) is 2.65. The van der Waals surface area contributed by atoms with Gasteiger partial charge in [0.1, 0.15) is 11.8 Å². The van der Waals surface area contributed by atoms with Crippen LogP contribution in [0.15, 0.2) is 87.1 Å². The number of benzene rings is 3. The van der Waals surface area contributed by atoms with Gasteiger partial charge in [0.25, 0.3) is 10.0 Å². The standard InChI is InChI=1S/C28H24N2O7S/c31-26-22-14-20(30-38(33,34)21-8-6-18-10-11-29-15-19(18)13-21)7-9-23(22)37-28(27(26)32)24-16-35-25(36-24)12-17-4-2-1-3-5-17/h1-9,13-14,16,25,29-30,32H,10-12,15H2. The van der Waals surface area contributed by atoms with Crippen LogP contribution in [0.2, 0.25) is 0 Å². The Morgan fingerprint density at radius 3 is 2.71 bits per heavy atom.